The summed E-state index contributed by atoms with van der Waals surface area (Å²) in [6, 6.07) is 0.179. The van der Waals surface area contributed by atoms with Crippen molar-refractivity contribution in [2.75, 3.05) is 6.54 Å². The second-order valence-corrected chi connectivity index (χ2v) is 4.26. The van der Waals surface area contributed by atoms with Crippen LogP contribution in [-0.2, 0) is 0 Å². The highest BCUT2D eigenvalue weighted by atomic mass is 14.9. The molecule has 1 unspecified atom stereocenters. The first-order valence-electron chi connectivity index (χ1n) is 5.80. The van der Waals surface area contributed by atoms with Gasteiger partial charge in [-0.25, -0.2) is 0 Å². The van der Waals surface area contributed by atoms with E-state index in [1.165, 1.54) is 5.57 Å². The van der Waals surface area contributed by atoms with E-state index >= 15 is 0 Å². The summed E-state index contributed by atoms with van der Waals surface area (Å²) in [6.45, 7) is 9.30. The molecular weight excluding hydrogens is 198 g/mol. The third-order valence-corrected chi connectivity index (χ3v) is 2.23. The van der Waals surface area contributed by atoms with Crippen molar-refractivity contribution in [1.29, 1.82) is 0 Å². The molecule has 0 aromatic carbocycles. The summed E-state index contributed by atoms with van der Waals surface area (Å²) < 4.78 is 0. The maximum absolute atomic E-state index is 4.41. The standard InChI is InChI=1S/C13H21N3/c1-5-6-14-12(7-10(2)3)13-9-15-11(4)8-16-13/h7-9,12,14H,5-6H2,1-4H3. The lowest BCUT2D eigenvalue weighted by atomic mass is 10.1. The summed E-state index contributed by atoms with van der Waals surface area (Å²) in [5, 5.41) is 3.46. The van der Waals surface area contributed by atoms with Crippen LogP contribution in [0.15, 0.2) is 24.0 Å². The first-order valence-corrected chi connectivity index (χ1v) is 5.80. The summed E-state index contributed by atoms with van der Waals surface area (Å²) in [5.41, 5.74) is 3.23. The topological polar surface area (TPSA) is 37.8 Å². The molecule has 88 valence electrons. The lowest BCUT2D eigenvalue weighted by Crippen LogP contribution is -2.21. The Kier molecular flexibility index (Phi) is 5.12. The van der Waals surface area contributed by atoms with Gasteiger partial charge in [0, 0.05) is 6.20 Å². The lowest BCUT2D eigenvalue weighted by Gasteiger charge is -2.14. The van der Waals surface area contributed by atoms with Gasteiger partial charge in [0.2, 0.25) is 0 Å². The lowest BCUT2D eigenvalue weighted by molar-refractivity contribution is 0.595. The Morgan fingerprint density at radius 3 is 2.62 bits per heavy atom. The number of allylic oxidation sites excluding steroid dienone is 1. The van der Waals surface area contributed by atoms with Crippen LogP contribution in [0.3, 0.4) is 0 Å². The minimum Gasteiger partial charge on any atom is -0.305 e. The van der Waals surface area contributed by atoms with Gasteiger partial charge in [0.25, 0.3) is 0 Å². The Bertz CT molecular complexity index is 337. The molecule has 3 heteroatoms. The highest BCUT2D eigenvalue weighted by Crippen LogP contribution is 2.13. The van der Waals surface area contributed by atoms with Crippen molar-refractivity contribution >= 4 is 0 Å². The van der Waals surface area contributed by atoms with Crippen LogP contribution in [-0.4, -0.2) is 16.5 Å². The molecule has 0 spiro atoms. The smallest absolute Gasteiger partial charge is 0.0795 e. The second kappa shape index (κ2) is 6.38. The van der Waals surface area contributed by atoms with Gasteiger partial charge < -0.3 is 5.32 Å². The molecule has 1 aromatic heterocycles. The van der Waals surface area contributed by atoms with E-state index in [0.717, 1.165) is 24.4 Å². The van der Waals surface area contributed by atoms with Crippen molar-refractivity contribution < 1.29 is 0 Å². The molecule has 1 atom stereocenters. The predicted octanol–water partition coefficient (Wildman–Crippen LogP) is 2.79. The number of hydrogen-bond donors (Lipinski definition) is 1. The van der Waals surface area contributed by atoms with Crippen LogP contribution in [0, 0.1) is 6.92 Å². The zero-order valence-electron chi connectivity index (χ0n) is 10.6. The van der Waals surface area contributed by atoms with Gasteiger partial charge >= 0.3 is 0 Å². The Hall–Kier alpha value is -1.22. The summed E-state index contributed by atoms with van der Waals surface area (Å²) in [7, 11) is 0. The minimum absolute atomic E-state index is 0.179. The third-order valence-electron chi connectivity index (χ3n) is 2.23. The average Bonchev–Trinajstić information content (AvgIpc) is 2.25. The maximum atomic E-state index is 4.41. The SMILES string of the molecule is CCCNC(C=C(C)C)c1cnc(C)cn1. The van der Waals surface area contributed by atoms with Crippen LogP contribution in [0.5, 0.6) is 0 Å². The number of aryl methyl sites for hydroxylation is 1. The van der Waals surface area contributed by atoms with Gasteiger partial charge in [-0.05, 0) is 33.7 Å². The molecule has 0 radical (unpaired) electrons. The van der Waals surface area contributed by atoms with E-state index in [1.54, 1.807) is 0 Å². The number of hydrogen-bond acceptors (Lipinski definition) is 3. The maximum Gasteiger partial charge on any atom is 0.0795 e. The molecule has 0 fully saturated rings. The van der Waals surface area contributed by atoms with Gasteiger partial charge in [-0.2, -0.15) is 0 Å². The van der Waals surface area contributed by atoms with Crippen LogP contribution >= 0.6 is 0 Å². The molecule has 16 heavy (non-hydrogen) atoms. The number of aromatic nitrogens is 2. The van der Waals surface area contributed by atoms with Crippen molar-refractivity contribution in [2.24, 2.45) is 0 Å². The molecule has 1 N–H and O–H groups in total. The molecule has 1 aromatic rings. The monoisotopic (exact) mass is 219 g/mol. The van der Waals surface area contributed by atoms with Crippen molar-refractivity contribution in [2.45, 2.75) is 40.2 Å². The van der Waals surface area contributed by atoms with Crippen molar-refractivity contribution in [3.05, 3.63) is 35.4 Å². The summed E-state index contributed by atoms with van der Waals surface area (Å²) >= 11 is 0. The normalized spacial score (nSPS) is 12.2. The van der Waals surface area contributed by atoms with Crippen LogP contribution in [0.2, 0.25) is 0 Å². The van der Waals surface area contributed by atoms with E-state index in [2.05, 4.69) is 42.1 Å². The Morgan fingerprint density at radius 1 is 1.38 bits per heavy atom. The molecule has 0 aliphatic rings. The summed E-state index contributed by atoms with van der Waals surface area (Å²) in [5.74, 6) is 0. The average molecular weight is 219 g/mol. The van der Waals surface area contributed by atoms with Gasteiger partial charge in [0.05, 0.1) is 23.6 Å². The molecule has 1 rings (SSSR count). The fraction of sp³-hybridized carbons (Fsp3) is 0.538. The fourth-order valence-electron chi connectivity index (χ4n) is 1.45. The van der Waals surface area contributed by atoms with Crippen LogP contribution in [0.1, 0.15) is 44.6 Å². The van der Waals surface area contributed by atoms with Gasteiger partial charge in [-0.15, -0.1) is 0 Å². The van der Waals surface area contributed by atoms with Crippen molar-refractivity contribution in [3.8, 4) is 0 Å². The first kappa shape index (κ1) is 12.8. The van der Waals surface area contributed by atoms with Gasteiger partial charge in [-0.3, -0.25) is 9.97 Å². The van der Waals surface area contributed by atoms with E-state index in [4.69, 9.17) is 0 Å². The second-order valence-electron chi connectivity index (χ2n) is 4.26. The molecule has 0 aliphatic heterocycles. The van der Waals surface area contributed by atoms with E-state index < -0.39 is 0 Å². The van der Waals surface area contributed by atoms with Crippen molar-refractivity contribution in [3.63, 3.8) is 0 Å². The third kappa shape index (κ3) is 4.11. The van der Waals surface area contributed by atoms with E-state index in [9.17, 15) is 0 Å². The molecule has 0 saturated heterocycles. The predicted molar refractivity (Wildman–Crippen MR) is 67.2 cm³/mol. The highest BCUT2D eigenvalue weighted by molar-refractivity contribution is 5.14. The molecular formula is C13H21N3. The zero-order chi connectivity index (χ0) is 12.0. The fourth-order valence-corrected chi connectivity index (χ4v) is 1.45. The van der Waals surface area contributed by atoms with E-state index in [1.807, 2.05) is 19.3 Å². The molecule has 0 amide bonds. The van der Waals surface area contributed by atoms with Crippen LogP contribution in [0.4, 0.5) is 0 Å². The van der Waals surface area contributed by atoms with Gasteiger partial charge in [-0.1, -0.05) is 18.6 Å². The molecule has 3 nitrogen and oxygen atoms in total. The molecule has 0 aliphatic carbocycles. The summed E-state index contributed by atoms with van der Waals surface area (Å²) in [4.78, 5) is 8.70. The van der Waals surface area contributed by atoms with Gasteiger partial charge in [0.15, 0.2) is 0 Å². The quantitative estimate of drug-likeness (QED) is 0.774. The molecule has 0 bridgehead atoms. The zero-order valence-corrected chi connectivity index (χ0v) is 10.6. The Balaban J connectivity index is 2.83. The van der Waals surface area contributed by atoms with Gasteiger partial charge in [0.1, 0.15) is 0 Å². The number of nitrogens with one attached hydrogen (secondary N) is 1. The van der Waals surface area contributed by atoms with Crippen LogP contribution < -0.4 is 5.32 Å². The Morgan fingerprint density at radius 2 is 2.12 bits per heavy atom. The Labute approximate surface area is 98.0 Å². The summed E-state index contributed by atoms with van der Waals surface area (Å²) in [6.07, 6.45) is 6.97. The largest absolute Gasteiger partial charge is 0.305 e. The van der Waals surface area contributed by atoms with E-state index in [-0.39, 0.29) is 6.04 Å². The highest BCUT2D eigenvalue weighted by Gasteiger charge is 2.08. The number of nitrogens with zero attached hydrogens (tertiary/aromatic N) is 2. The minimum atomic E-state index is 0.179. The van der Waals surface area contributed by atoms with Crippen molar-refractivity contribution in [1.82, 2.24) is 15.3 Å². The molecule has 0 saturated carbocycles. The van der Waals surface area contributed by atoms with Crippen LogP contribution in [0.25, 0.3) is 0 Å². The van der Waals surface area contributed by atoms with E-state index in [0.29, 0.717) is 0 Å². The molecule has 1 heterocycles. The first-order chi connectivity index (χ1) is 7.63. The number of rotatable bonds is 5.